The lowest BCUT2D eigenvalue weighted by Crippen LogP contribution is -2.05. The van der Waals surface area contributed by atoms with E-state index in [0.717, 1.165) is 5.56 Å². The molecule has 0 aromatic heterocycles. The molecule has 4 heteroatoms. The normalized spacial score (nSPS) is 12.0. The number of para-hydroxylation sites is 2. The lowest BCUT2D eigenvalue weighted by atomic mass is 10.1. The first-order valence-electron chi connectivity index (χ1n) is 6.56. The van der Waals surface area contributed by atoms with E-state index in [1.807, 2.05) is 19.1 Å². The zero-order valence-electron chi connectivity index (χ0n) is 11.6. The summed E-state index contributed by atoms with van der Waals surface area (Å²) in [6.07, 6.45) is 0. The highest BCUT2D eigenvalue weighted by Gasteiger charge is 2.11. The Morgan fingerprint density at radius 1 is 1.10 bits per heavy atom. The second-order valence-electron chi connectivity index (χ2n) is 4.46. The summed E-state index contributed by atoms with van der Waals surface area (Å²) in [6, 6.07) is 11.7. The average molecular weight is 275 g/mol. The Hall–Kier alpha value is -2.07. The van der Waals surface area contributed by atoms with E-state index in [1.165, 1.54) is 6.07 Å². The van der Waals surface area contributed by atoms with Crippen molar-refractivity contribution in [1.82, 2.24) is 0 Å². The molecule has 1 atom stereocenters. The molecule has 0 aliphatic carbocycles. The van der Waals surface area contributed by atoms with Gasteiger partial charge in [0.2, 0.25) is 0 Å². The maximum atomic E-state index is 14.0. The van der Waals surface area contributed by atoms with Gasteiger partial charge in [-0.15, -0.1) is 0 Å². The van der Waals surface area contributed by atoms with Crippen LogP contribution in [0.1, 0.15) is 25.5 Å². The molecular weight excluding hydrogens is 257 g/mol. The van der Waals surface area contributed by atoms with Crippen LogP contribution in [-0.4, -0.2) is 6.61 Å². The zero-order chi connectivity index (χ0) is 14.5. The summed E-state index contributed by atoms with van der Waals surface area (Å²) in [5.41, 5.74) is 6.45. The predicted octanol–water partition coefficient (Wildman–Crippen LogP) is 4.04. The van der Waals surface area contributed by atoms with Crippen molar-refractivity contribution in [3.63, 3.8) is 0 Å². The predicted molar refractivity (Wildman–Crippen MR) is 76.7 cm³/mol. The van der Waals surface area contributed by atoms with Crippen molar-refractivity contribution < 1.29 is 13.9 Å². The fraction of sp³-hybridized carbons (Fsp3) is 0.250. The highest BCUT2D eigenvalue weighted by Crippen LogP contribution is 2.33. The molecule has 0 saturated carbocycles. The summed E-state index contributed by atoms with van der Waals surface area (Å²) in [5, 5.41) is 0. The topological polar surface area (TPSA) is 44.5 Å². The molecule has 3 nitrogen and oxygen atoms in total. The third-order valence-corrected chi connectivity index (χ3v) is 2.85. The third kappa shape index (κ3) is 3.27. The Morgan fingerprint density at radius 3 is 2.40 bits per heavy atom. The van der Waals surface area contributed by atoms with Crippen molar-refractivity contribution >= 4 is 0 Å². The Bertz CT molecular complexity index is 584. The number of halogens is 1. The van der Waals surface area contributed by atoms with E-state index in [2.05, 4.69) is 0 Å². The van der Waals surface area contributed by atoms with Crippen LogP contribution in [0.2, 0.25) is 0 Å². The number of nitrogens with two attached hydrogens (primary N) is 1. The molecule has 0 saturated heterocycles. The van der Waals surface area contributed by atoms with Gasteiger partial charge in [-0.3, -0.25) is 0 Å². The minimum Gasteiger partial charge on any atom is -0.490 e. The van der Waals surface area contributed by atoms with Crippen LogP contribution in [0.15, 0.2) is 42.5 Å². The van der Waals surface area contributed by atoms with Crippen molar-refractivity contribution in [2.45, 2.75) is 19.9 Å². The maximum absolute atomic E-state index is 14.0. The number of hydrogen-bond donors (Lipinski definition) is 1. The quantitative estimate of drug-likeness (QED) is 0.895. The summed E-state index contributed by atoms with van der Waals surface area (Å²) < 4.78 is 25.0. The molecule has 2 aromatic carbocycles. The first-order valence-corrected chi connectivity index (χ1v) is 6.56. The lowest BCUT2D eigenvalue weighted by Gasteiger charge is -2.13. The Labute approximate surface area is 118 Å². The van der Waals surface area contributed by atoms with Crippen LogP contribution in [0.25, 0.3) is 0 Å². The fourth-order valence-corrected chi connectivity index (χ4v) is 1.81. The summed E-state index contributed by atoms with van der Waals surface area (Å²) in [4.78, 5) is 0. The average Bonchev–Trinajstić information content (AvgIpc) is 2.43. The summed E-state index contributed by atoms with van der Waals surface area (Å²) in [5.74, 6) is 0.792. The van der Waals surface area contributed by atoms with Crippen molar-refractivity contribution in [3.05, 3.63) is 53.8 Å². The fourth-order valence-electron chi connectivity index (χ4n) is 1.81. The molecule has 0 bridgehead atoms. The van der Waals surface area contributed by atoms with Gasteiger partial charge in [0.1, 0.15) is 0 Å². The lowest BCUT2D eigenvalue weighted by molar-refractivity contribution is 0.318. The molecule has 0 spiro atoms. The largest absolute Gasteiger partial charge is 0.490 e. The highest BCUT2D eigenvalue weighted by molar-refractivity contribution is 5.43. The minimum absolute atomic E-state index is 0.154. The van der Waals surface area contributed by atoms with Gasteiger partial charge in [-0.25, -0.2) is 4.39 Å². The molecular formula is C16H18FNO2. The molecule has 2 rings (SSSR count). The number of hydrogen-bond acceptors (Lipinski definition) is 3. The first-order chi connectivity index (χ1) is 9.61. The summed E-state index contributed by atoms with van der Waals surface area (Å²) in [6.45, 7) is 4.21. The highest BCUT2D eigenvalue weighted by atomic mass is 19.1. The van der Waals surface area contributed by atoms with Crippen LogP contribution in [0.3, 0.4) is 0 Å². The molecule has 0 heterocycles. The van der Waals surface area contributed by atoms with Gasteiger partial charge in [0.25, 0.3) is 0 Å². The summed E-state index contributed by atoms with van der Waals surface area (Å²) in [7, 11) is 0. The molecule has 20 heavy (non-hydrogen) atoms. The standard InChI is InChI=1S/C16H18FNO2/c1-3-19-15-6-4-5-7-16(15)20-14-9-8-12(11(2)18)10-13(14)17/h4-11H,3,18H2,1-2H3/t11-/m1/s1. The maximum Gasteiger partial charge on any atom is 0.169 e. The Kier molecular flexibility index (Phi) is 4.58. The molecule has 2 N–H and O–H groups in total. The second-order valence-corrected chi connectivity index (χ2v) is 4.46. The van der Waals surface area contributed by atoms with E-state index in [1.54, 1.807) is 31.2 Å². The smallest absolute Gasteiger partial charge is 0.169 e. The van der Waals surface area contributed by atoms with Crippen molar-refractivity contribution in [3.8, 4) is 17.2 Å². The van der Waals surface area contributed by atoms with E-state index < -0.39 is 5.82 Å². The first kappa shape index (κ1) is 14.3. The van der Waals surface area contributed by atoms with Crippen LogP contribution < -0.4 is 15.2 Å². The van der Waals surface area contributed by atoms with Crippen LogP contribution in [0.5, 0.6) is 17.2 Å². The Balaban J connectivity index is 2.26. The molecule has 0 unspecified atom stereocenters. The van der Waals surface area contributed by atoms with Crippen LogP contribution >= 0.6 is 0 Å². The SMILES string of the molecule is CCOc1ccccc1Oc1ccc([C@@H](C)N)cc1F. The van der Waals surface area contributed by atoms with Gasteiger partial charge in [-0.05, 0) is 43.7 Å². The molecule has 0 aliphatic rings. The van der Waals surface area contributed by atoms with Crippen LogP contribution in [0.4, 0.5) is 4.39 Å². The molecule has 0 aliphatic heterocycles. The molecule has 0 radical (unpaired) electrons. The second kappa shape index (κ2) is 6.39. The van der Waals surface area contributed by atoms with E-state index in [9.17, 15) is 4.39 Å². The van der Waals surface area contributed by atoms with E-state index in [-0.39, 0.29) is 11.8 Å². The van der Waals surface area contributed by atoms with Gasteiger partial charge in [-0.1, -0.05) is 18.2 Å². The Morgan fingerprint density at radius 2 is 1.80 bits per heavy atom. The van der Waals surface area contributed by atoms with Gasteiger partial charge < -0.3 is 15.2 Å². The van der Waals surface area contributed by atoms with Gasteiger partial charge in [0.05, 0.1) is 6.61 Å². The van der Waals surface area contributed by atoms with Gasteiger partial charge in [0.15, 0.2) is 23.1 Å². The number of ether oxygens (including phenoxy) is 2. The van der Waals surface area contributed by atoms with Gasteiger partial charge >= 0.3 is 0 Å². The monoisotopic (exact) mass is 275 g/mol. The van der Waals surface area contributed by atoms with E-state index >= 15 is 0 Å². The number of benzene rings is 2. The van der Waals surface area contributed by atoms with Gasteiger partial charge in [0, 0.05) is 6.04 Å². The zero-order valence-corrected chi connectivity index (χ0v) is 11.6. The molecule has 0 amide bonds. The van der Waals surface area contributed by atoms with Crippen molar-refractivity contribution in [2.75, 3.05) is 6.61 Å². The third-order valence-electron chi connectivity index (χ3n) is 2.85. The van der Waals surface area contributed by atoms with Gasteiger partial charge in [-0.2, -0.15) is 0 Å². The molecule has 0 fully saturated rings. The minimum atomic E-state index is -0.439. The van der Waals surface area contributed by atoms with E-state index in [4.69, 9.17) is 15.2 Å². The van der Waals surface area contributed by atoms with E-state index in [0.29, 0.717) is 18.1 Å². The van der Waals surface area contributed by atoms with Crippen molar-refractivity contribution in [1.29, 1.82) is 0 Å². The molecule has 2 aromatic rings. The van der Waals surface area contributed by atoms with Crippen LogP contribution in [-0.2, 0) is 0 Å². The van der Waals surface area contributed by atoms with Crippen LogP contribution in [0, 0.1) is 5.82 Å². The molecule has 106 valence electrons. The van der Waals surface area contributed by atoms with Crippen molar-refractivity contribution in [2.24, 2.45) is 5.73 Å². The number of rotatable bonds is 5. The summed E-state index contributed by atoms with van der Waals surface area (Å²) >= 11 is 0.